The minimum atomic E-state index is -4.83. The van der Waals surface area contributed by atoms with Gasteiger partial charge in [-0.25, -0.2) is 43.1 Å². The number of carbonyl (C=O) groups excluding carboxylic acids is 5. The highest BCUT2D eigenvalue weighted by atomic mass is 19.4. The van der Waals surface area contributed by atoms with E-state index in [2.05, 4.69) is 172 Å². The lowest BCUT2D eigenvalue weighted by molar-refractivity contribution is -0.274. The Labute approximate surface area is 835 Å². The molecule has 15 N–H and O–H groups in total. The van der Waals surface area contributed by atoms with Crippen molar-refractivity contribution in [2.24, 2.45) is 0 Å². The summed E-state index contributed by atoms with van der Waals surface area (Å²) in [6.45, 7) is 17.3. The molecule has 0 radical (unpaired) electrons. The lowest BCUT2D eigenvalue weighted by atomic mass is 10.2. The van der Waals surface area contributed by atoms with E-state index in [0.29, 0.717) is 105 Å². The van der Waals surface area contributed by atoms with Crippen molar-refractivity contribution in [3.8, 4) is 23.1 Å². The number of alkyl halides is 9. The molecule has 0 bridgehead atoms. The Kier molecular flexibility index (Phi) is 38.4. The van der Waals surface area contributed by atoms with Gasteiger partial charge in [0.25, 0.3) is 0 Å². The molecule has 6 heterocycles. The third-order valence-corrected chi connectivity index (χ3v) is 18.8. The highest BCUT2D eigenvalue weighted by molar-refractivity contribution is 6.02. The second-order valence-corrected chi connectivity index (χ2v) is 29.5. The smallest absolute Gasteiger partial charge is 0.497 e. The summed E-state index contributed by atoms with van der Waals surface area (Å²) < 4.78 is 179. The first kappa shape index (κ1) is 108. The van der Waals surface area contributed by atoms with Crippen molar-refractivity contribution in [2.45, 2.75) is 25.3 Å². The zero-order valence-corrected chi connectivity index (χ0v) is 77.7. The molecule has 0 spiro atoms. The van der Waals surface area contributed by atoms with Crippen LogP contribution in [0.1, 0.15) is 16.7 Å². The van der Waals surface area contributed by atoms with Gasteiger partial charge >= 0.3 is 18.7 Å². The number of hydrogen-bond acceptors (Lipinski definition) is 30. The molecule has 5 amide bonds. The predicted molar refractivity (Wildman–Crippen MR) is 540 cm³/mol. The number of methoxy groups -OCH3 is 3. The van der Waals surface area contributed by atoms with E-state index in [-0.39, 0.29) is 64.7 Å². The lowest BCUT2D eigenvalue weighted by Crippen LogP contribution is -2.17. The number of rotatable bonds is 35. The normalized spacial score (nSPS) is 10.6. The van der Waals surface area contributed by atoms with Crippen LogP contribution in [0.15, 0.2) is 337 Å². The fourth-order valence-corrected chi connectivity index (χ4v) is 12.1. The van der Waals surface area contributed by atoms with Gasteiger partial charge < -0.3 is 98.7 Å². The summed E-state index contributed by atoms with van der Waals surface area (Å²) in [6, 6.07) is 64.0. The summed E-state index contributed by atoms with van der Waals surface area (Å²) in [6.07, 6.45) is -2.54. The van der Waals surface area contributed by atoms with Gasteiger partial charge in [-0.15, -0.1) is 13.2 Å². The number of para-hydroxylation sites is 1. The number of nitrogens with zero attached hydrogens (tertiary/aromatic N) is 11. The van der Waals surface area contributed by atoms with Crippen LogP contribution in [0.25, 0.3) is 0 Å². The topological polar surface area (TPSA) is 445 Å². The van der Waals surface area contributed by atoms with Gasteiger partial charge in [-0.1, -0.05) is 106 Å². The second-order valence-electron chi connectivity index (χ2n) is 29.5. The maximum atomic E-state index is 14.2. The Balaban J connectivity index is 0.000000176. The lowest BCUT2D eigenvalue weighted by Gasteiger charge is -2.15. The first-order valence-corrected chi connectivity index (χ1v) is 43.0. The van der Waals surface area contributed by atoms with E-state index in [1.165, 1.54) is 44.6 Å². The average Bonchev–Trinajstić information content (AvgIpc) is 0.829. The van der Waals surface area contributed by atoms with Gasteiger partial charge in [0.2, 0.25) is 65.2 Å². The van der Waals surface area contributed by atoms with Crippen LogP contribution < -0.4 is 98.7 Å². The fourth-order valence-electron chi connectivity index (χ4n) is 12.1. The zero-order valence-electron chi connectivity index (χ0n) is 77.7. The van der Waals surface area contributed by atoms with Crippen LogP contribution in [-0.4, -0.2) is 112 Å². The van der Waals surface area contributed by atoms with Crippen molar-refractivity contribution >= 4 is 168 Å². The number of aromatic nitrogens is 11. The highest BCUT2D eigenvalue weighted by Gasteiger charge is 2.37. The van der Waals surface area contributed by atoms with Crippen molar-refractivity contribution in [1.29, 1.82) is 0 Å². The van der Waals surface area contributed by atoms with Gasteiger partial charge in [-0.2, -0.15) is 51.3 Å². The van der Waals surface area contributed by atoms with Gasteiger partial charge in [-0.3, -0.25) is 24.0 Å². The van der Waals surface area contributed by atoms with Crippen LogP contribution >= 0.6 is 0 Å². The summed E-state index contributed by atoms with van der Waals surface area (Å²) in [5.74, 6) is -3.28. The maximum Gasteiger partial charge on any atom is 0.573 e. The van der Waals surface area contributed by atoms with Gasteiger partial charge in [0, 0.05) is 111 Å². The Morgan fingerprint density at radius 3 is 0.919 bits per heavy atom. The van der Waals surface area contributed by atoms with Gasteiger partial charge in [0.15, 0.2) is 34.9 Å². The summed E-state index contributed by atoms with van der Waals surface area (Å²) in [5.41, 5.74) is 5.36. The number of amides is 5. The molecular formula is C101H86F12N26O9. The monoisotopic (exact) mass is 2030 g/mol. The molecule has 148 heavy (non-hydrogen) atoms. The molecule has 0 aliphatic carbocycles. The van der Waals surface area contributed by atoms with Crippen LogP contribution in [0.5, 0.6) is 23.1 Å². The minimum absolute atomic E-state index is 0.00261. The highest BCUT2D eigenvalue weighted by Crippen LogP contribution is 2.39. The summed E-state index contributed by atoms with van der Waals surface area (Å²) in [5, 5.41) is 41.1. The number of benzene rings is 9. The molecular weight excluding hydrogens is 1950 g/mol. The van der Waals surface area contributed by atoms with E-state index in [9.17, 15) is 76.7 Å². The number of carbonyl (C=O) groups is 5. The molecule has 0 aliphatic heterocycles. The van der Waals surface area contributed by atoms with Crippen molar-refractivity contribution in [2.75, 3.05) is 101 Å². The predicted octanol–water partition coefficient (Wildman–Crippen LogP) is 23.1. The number of ether oxygens (including phenoxy) is 4. The minimum Gasteiger partial charge on any atom is -0.497 e. The van der Waals surface area contributed by atoms with Crippen molar-refractivity contribution in [3.05, 3.63) is 371 Å². The largest absolute Gasteiger partial charge is 0.573 e. The first-order valence-electron chi connectivity index (χ1n) is 43.0. The van der Waals surface area contributed by atoms with Gasteiger partial charge in [0.05, 0.1) is 51.8 Å². The molecule has 0 unspecified atom stereocenters. The quantitative estimate of drug-likeness (QED) is 0.0130. The summed E-state index contributed by atoms with van der Waals surface area (Å²) in [7, 11) is 4.63. The Bertz CT molecular complexity index is 7190. The van der Waals surface area contributed by atoms with E-state index in [1.54, 1.807) is 183 Å². The molecule has 15 rings (SSSR count). The maximum absolute atomic E-state index is 14.2. The third kappa shape index (κ3) is 35.0. The molecule has 0 fully saturated rings. The van der Waals surface area contributed by atoms with E-state index in [4.69, 9.17) is 14.2 Å². The van der Waals surface area contributed by atoms with Crippen molar-refractivity contribution in [3.63, 3.8) is 0 Å². The number of nitrogens with one attached hydrogen (secondary N) is 15. The fraction of sp³-hybridized carbons (Fsp3) is 0.0693. The number of halogens is 12. The molecule has 758 valence electrons. The molecule has 6 aromatic heterocycles. The van der Waals surface area contributed by atoms with Crippen molar-refractivity contribution in [1.82, 2.24) is 54.8 Å². The molecule has 15 aromatic rings. The first-order chi connectivity index (χ1) is 71.0. The van der Waals surface area contributed by atoms with E-state index in [1.807, 2.05) is 30.3 Å². The number of hydrogen-bond donors (Lipinski definition) is 15. The second kappa shape index (κ2) is 52.4. The Morgan fingerprint density at radius 2 is 0.581 bits per heavy atom. The zero-order chi connectivity index (χ0) is 106. The Morgan fingerprint density at radius 1 is 0.284 bits per heavy atom. The Hall–Kier alpha value is -20.1. The van der Waals surface area contributed by atoms with Gasteiger partial charge in [0.1, 0.15) is 40.0 Å². The molecule has 0 atom stereocenters. The molecule has 0 aliphatic rings. The standard InChI is InChI=1S/C21H18F3N5O2.C21H20FN5O2.C20H15F4N5O2.C20H16F3N5O.C19H17FN6O2/c1-3-18(30)26-13-6-4-7-14(10-13)27-19-17(21(22,23)24)12-25-20(29-19)28-15-8-5-9-16(11-15)31-2;1-3-19(28)25-15-5-4-6-16(11-15)26-20-18(22)13-24-21(27-20)23-12-14-7-9-17(29-2)10-8-14;1-2-17(30)26-12-5-3-6-13(9-12)27-18-16(21)11-25-19(29-18)28-14-7-4-8-15(10-14)31-20(22,23)24;1-2-17(29)25-14-9-6-10-15(11-14)26-18-16(20(21,22)23)12-24-19(28-18)27-13-7-4-3-5-8-13;1-3-16(27)23-12-5-4-6-13(9-12)24-18-15(20)11-22-19(26-18)25-14-7-8-17(28-2)21-10-14/h3-12H,1H2,2H3,(H,26,30)(H2,25,27,28,29);3-11,13H,1,12H2,2H3,(H,25,28)(H2,23,24,26,27);2-11H,1H2,(H,26,30)(H2,25,27,28,29);2-12H,1H2,(H,25,29)(H2,24,26,27,28);3-11H,1H2,2H3,(H,23,27)(H2,22,24,25,26). The summed E-state index contributed by atoms with van der Waals surface area (Å²) in [4.78, 5) is 101. The van der Waals surface area contributed by atoms with E-state index in [0.717, 1.165) is 66.3 Å². The molecule has 0 saturated heterocycles. The van der Waals surface area contributed by atoms with Crippen LogP contribution in [0.4, 0.5) is 191 Å². The SMILES string of the molecule is C=CC(=O)Nc1cccc(Nc2nc(NCc3ccc(OC)cc3)ncc2F)c1.C=CC(=O)Nc1cccc(Nc2nc(Nc3ccc(OC)nc3)ncc2F)c1.C=CC(=O)Nc1cccc(Nc2nc(Nc3cccc(OC(F)(F)F)c3)ncc2F)c1.C=CC(=O)Nc1cccc(Nc2nc(Nc3cccc(OC)c3)ncc2C(F)(F)F)c1.C=CC(=O)Nc1cccc(Nc2nc(Nc3ccccc3)ncc2C(F)(F)F)c1. The van der Waals surface area contributed by atoms with Crippen LogP contribution in [-0.2, 0) is 42.9 Å². The summed E-state index contributed by atoms with van der Waals surface area (Å²) >= 11 is 0. The molecule has 47 heteroatoms. The average molecular weight is 2040 g/mol. The van der Waals surface area contributed by atoms with Crippen LogP contribution in [0, 0.1) is 17.5 Å². The van der Waals surface area contributed by atoms with Crippen LogP contribution in [0.2, 0.25) is 0 Å². The van der Waals surface area contributed by atoms with Crippen LogP contribution in [0.3, 0.4) is 0 Å². The molecule has 9 aromatic carbocycles. The number of anilines is 24. The third-order valence-electron chi connectivity index (χ3n) is 18.8. The molecule has 0 saturated carbocycles. The van der Waals surface area contributed by atoms with E-state index < -0.39 is 82.4 Å². The number of pyridine rings is 1. The van der Waals surface area contributed by atoms with Gasteiger partial charge in [-0.05, 0) is 182 Å². The van der Waals surface area contributed by atoms with E-state index >= 15 is 0 Å². The molecule has 35 nitrogen and oxygen atoms in total. The van der Waals surface area contributed by atoms with Crippen molar-refractivity contribution < 1.29 is 95.6 Å².